The van der Waals surface area contributed by atoms with Gasteiger partial charge in [0.15, 0.2) is 5.78 Å². The molecular formula is C25H30NO5PS. The van der Waals surface area contributed by atoms with Crippen molar-refractivity contribution in [1.29, 1.82) is 0 Å². The average molecular weight is 488 g/mol. The lowest BCUT2D eigenvalue weighted by molar-refractivity contribution is -0.114. The SMILES string of the molecule is O=C1C=C(C2CCCCC2)S(Cc2ccccc2)(C(=O)Nc2ccc(P(=O)(O)O)cc2)CC1. The number of carbonyl (C=O) groups is 2. The van der Waals surface area contributed by atoms with Crippen molar-refractivity contribution in [1.82, 2.24) is 0 Å². The average Bonchev–Trinajstić information content (AvgIpc) is 2.81. The lowest BCUT2D eigenvalue weighted by Gasteiger charge is -2.46. The van der Waals surface area contributed by atoms with Crippen molar-refractivity contribution < 1.29 is 23.9 Å². The zero-order chi connectivity index (χ0) is 23.5. The van der Waals surface area contributed by atoms with Crippen LogP contribution < -0.4 is 10.6 Å². The van der Waals surface area contributed by atoms with Crippen LogP contribution in [0.15, 0.2) is 65.6 Å². The van der Waals surface area contributed by atoms with Gasteiger partial charge in [0.2, 0.25) is 0 Å². The van der Waals surface area contributed by atoms with Crippen LogP contribution in [0.5, 0.6) is 0 Å². The second-order valence-corrected chi connectivity index (χ2v) is 13.7. The van der Waals surface area contributed by atoms with E-state index in [0.29, 0.717) is 23.6 Å². The molecule has 1 atom stereocenters. The largest absolute Gasteiger partial charge is 0.356 e. The predicted molar refractivity (Wildman–Crippen MR) is 134 cm³/mol. The summed E-state index contributed by atoms with van der Waals surface area (Å²) < 4.78 is 11.5. The molecule has 1 fully saturated rings. The summed E-state index contributed by atoms with van der Waals surface area (Å²) >= 11 is 0. The molecule has 4 rings (SSSR count). The molecule has 0 aromatic heterocycles. The Morgan fingerprint density at radius 1 is 1.00 bits per heavy atom. The molecule has 0 bridgehead atoms. The van der Waals surface area contributed by atoms with Gasteiger partial charge in [-0.3, -0.25) is 14.2 Å². The molecule has 8 heteroatoms. The summed E-state index contributed by atoms with van der Waals surface area (Å²) in [5.74, 6) is 1.49. The summed E-state index contributed by atoms with van der Waals surface area (Å²) in [6.07, 6.45) is 7.57. The maximum absolute atomic E-state index is 14.0. The van der Waals surface area contributed by atoms with E-state index in [1.165, 1.54) is 30.7 Å². The third kappa shape index (κ3) is 5.49. The van der Waals surface area contributed by atoms with Gasteiger partial charge in [-0.25, -0.2) is 0 Å². The maximum atomic E-state index is 14.0. The normalized spacial score (nSPS) is 23.9. The van der Waals surface area contributed by atoms with Crippen molar-refractivity contribution in [3.05, 3.63) is 71.1 Å². The van der Waals surface area contributed by atoms with Crippen LogP contribution in [-0.4, -0.2) is 26.6 Å². The number of rotatable bonds is 5. The quantitative estimate of drug-likeness (QED) is 0.486. The number of anilines is 1. The van der Waals surface area contributed by atoms with Gasteiger partial charge in [-0.15, -0.1) is 10.0 Å². The van der Waals surface area contributed by atoms with E-state index < -0.39 is 17.6 Å². The van der Waals surface area contributed by atoms with Gasteiger partial charge in [0.1, 0.15) is 0 Å². The van der Waals surface area contributed by atoms with Gasteiger partial charge < -0.3 is 15.1 Å². The monoisotopic (exact) mass is 487 g/mol. The number of carbonyl (C=O) groups excluding carboxylic acids is 2. The van der Waals surface area contributed by atoms with E-state index in [-0.39, 0.29) is 22.2 Å². The molecule has 1 aliphatic carbocycles. The number of hydrogen-bond donors (Lipinski definition) is 3. The van der Waals surface area contributed by atoms with E-state index in [2.05, 4.69) is 5.32 Å². The fraction of sp³-hybridized carbons (Fsp3) is 0.360. The summed E-state index contributed by atoms with van der Waals surface area (Å²) in [5.41, 5.74) is 1.58. The molecule has 0 spiro atoms. The van der Waals surface area contributed by atoms with E-state index in [1.54, 1.807) is 6.08 Å². The Balaban J connectivity index is 1.70. The van der Waals surface area contributed by atoms with Crippen molar-refractivity contribution >= 4 is 39.6 Å². The van der Waals surface area contributed by atoms with Gasteiger partial charge >= 0.3 is 7.60 Å². The zero-order valence-corrected chi connectivity index (χ0v) is 20.2. The molecule has 1 amide bonds. The second-order valence-electron chi connectivity index (χ2n) is 8.82. The fourth-order valence-corrected chi connectivity index (χ4v) is 9.26. The first-order valence-electron chi connectivity index (χ1n) is 11.3. The highest BCUT2D eigenvalue weighted by atomic mass is 32.3. The zero-order valence-electron chi connectivity index (χ0n) is 18.5. The van der Waals surface area contributed by atoms with Crippen LogP contribution in [0.3, 0.4) is 0 Å². The highest BCUT2D eigenvalue weighted by Gasteiger charge is 2.42. The molecule has 2 aromatic carbocycles. The molecule has 176 valence electrons. The van der Waals surface area contributed by atoms with E-state index in [4.69, 9.17) is 0 Å². The molecule has 2 aliphatic rings. The Morgan fingerprint density at radius 3 is 2.30 bits per heavy atom. The Hall–Kier alpha value is -2.18. The van der Waals surface area contributed by atoms with Crippen molar-refractivity contribution in [3.8, 4) is 0 Å². The van der Waals surface area contributed by atoms with Gasteiger partial charge in [-0.1, -0.05) is 49.6 Å². The van der Waals surface area contributed by atoms with Crippen LogP contribution in [0.4, 0.5) is 10.5 Å². The molecule has 3 N–H and O–H groups in total. The summed E-state index contributed by atoms with van der Waals surface area (Å²) in [6.45, 7) is 0. The van der Waals surface area contributed by atoms with E-state index in [0.717, 1.165) is 36.2 Å². The second kappa shape index (κ2) is 9.98. The number of nitrogens with one attached hydrogen (secondary N) is 1. The first-order valence-corrected chi connectivity index (χ1v) is 14.9. The van der Waals surface area contributed by atoms with Crippen LogP contribution in [0.25, 0.3) is 0 Å². The maximum Gasteiger partial charge on any atom is 0.356 e. The van der Waals surface area contributed by atoms with E-state index in [9.17, 15) is 23.9 Å². The highest BCUT2D eigenvalue weighted by molar-refractivity contribution is 8.47. The molecule has 1 unspecified atom stereocenters. The smallest absolute Gasteiger partial charge is 0.321 e. The number of allylic oxidation sites excluding steroid dienone is 2. The van der Waals surface area contributed by atoms with Crippen LogP contribution in [0, 0.1) is 5.92 Å². The molecule has 0 radical (unpaired) electrons. The third-order valence-corrected chi connectivity index (χ3v) is 11.4. The van der Waals surface area contributed by atoms with Crippen LogP contribution >= 0.6 is 17.6 Å². The topological polar surface area (TPSA) is 104 Å². The van der Waals surface area contributed by atoms with Crippen molar-refractivity contribution in [2.75, 3.05) is 11.1 Å². The predicted octanol–water partition coefficient (Wildman–Crippen LogP) is 5.46. The van der Waals surface area contributed by atoms with Gasteiger partial charge in [0.05, 0.1) is 5.30 Å². The number of hydrogen-bond acceptors (Lipinski definition) is 3. The van der Waals surface area contributed by atoms with Gasteiger partial charge in [0, 0.05) is 17.9 Å². The number of ketones is 1. The minimum atomic E-state index is -4.35. The first kappa shape index (κ1) is 24.0. The minimum absolute atomic E-state index is 0.0837. The Labute approximate surface area is 196 Å². The summed E-state index contributed by atoms with van der Waals surface area (Å²) in [7, 11) is -6.35. The van der Waals surface area contributed by atoms with Gasteiger partial charge in [-0.2, -0.15) is 0 Å². The third-order valence-electron chi connectivity index (χ3n) is 6.52. The van der Waals surface area contributed by atoms with Crippen molar-refractivity contribution in [2.24, 2.45) is 5.92 Å². The molecule has 1 heterocycles. The lowest BCUT2D eigenvalue weighted by atomic mass is 9.88. The van der Waals surface area contributed by atoms with Crippen LogP contribution in [0.1, 0.15) is 44.1 Å². The van der Waals surface area contributed by atoms with Crippen LogP contribution in [-0.2, 0) is 15.1 Å². The van der Waals surface area contributed by atoms with E-state index >= 15 is 0 Å². The van der Waals surface area contributed by atoms with Crippen molar-refractivity contribution in [2.45, 2.75) is 44.3 Å². The molecule has 1 aliphatic heterocycles. The van der Waals surface area contributed by atoms with Crippen LogP contribution in [0.2, 0.25) is 0 Å². The Kier molecular flexibility index (Phi) is 7.25. The Morgan fingerprint density at radius 2 is 1.67 bits per heavy atom. The lowest BCUT2D eigenvalue weighted by Crippen LogP contribution is -2.32. The first-order chi connectivity index (χ1) is 15.8. The molecular weight excluding hydrogens is 457 g/mol. The number of benzene rings is 2. The van der Waals surface area contributed by atoms with Gasteiger partial charge in [0.25, 0.3) is 5.24 Å². The summed E-state index contributed by atoms with van der Waals surface area (Å²) in [6, 6.07) is 15.7. The summed E-state index contributed by atoms with van der Waals surface area (Å²) in [4.78, 5) is 46.2. The highest BCUT2D eigenvalue weighted by Crippen LogP contribution is 2.64. The van der Waals surface area contributed by atoms with Crippen molar-refractivity contribution in [3.63, 3.8) is 0 Å². The molecule has 33 heavy (non-hydrogen) atoms. The Bertz CT molecular complexity index is 1090. The molecule has 1 saturated carbocycles. The van der Waals surface area contributed by atoms with Gasteiger partial charge in [-0.05, 0) is 65.3 Å². The molecule has 6 nitrogen and oxygen atoms in total. The van der Waals surface area contributed by atoms with E-state index in [1.807, 2.05) is 30.3 Å². The minimum Gasteiger partial charge on any atom is -0.321 e. The summed E-state index contributed by atoms with van der Waals surface area (Å²) in [5, 5.41) is 2.86. The molecule has 2 aromatic rings. The number of amides is 1. The fourth-order valence-electron chi connectivity index (χ4n) is 4.79. The molecule has 0 saturated heterocycles. The standard InChI is InChI=1S/C25H30NO5PS/c27-22-15-16-33(18-19-7-3-1-4-8-19,24(17-22)20-9-5-2-6-10-20)25(28)26-21-11-13-23(14-12-21)32(29,30)31/h1,3-4,7-8,11-14,17,20H,2,5-6,9-10,15-16,18H2,(H,26,28)(H2,29,30,31).